The third kappa shape index (κ3) is 5.42. The second kappa shape index (κ2) is 9.17. The van der Waals surface area contributed by atoms with Gasteiger partial charge in [-0.3, -0.25) is 9.69 Å². The van der Waals surface area contributed by atoms with Gasteiger partial charge in [-0.25, -0.2) is 0 Å². The molecular formula is C20H22ClIN2O2. The number of rotatable bonds is 5. The van der Waals surface area contributed by atoms with Gasteiger partial charge in [0.1, 0.15) is 0 Å². The summed E-state index contributed by atoms with van der Waals surface area (Å²) in [5, 5.41) is 3.63. The van der Waals surface area contributed by atoms with E-state index in [-0.39, 0.29) is 12.0 Å². The molecule has 3 rings (SSSR count). The normalized spacial score (nSPS) is 17.9. The van der Waals surface area contributed by atoms with Crippen LogP contribution in [-0.2, 0) is 17.8 Å². The average molecular weight is 485 g/mol. The third-order valence-corrected chi connectivity index (χ3v) is 5.48. The Morgan fingerprint density at radius 2 is 2.12 bits per heavy atom. The first-order valence-corrected chi connectivity index (χ1v) is 10.1. The first-order valence-electron chi connectivity index (χ1n) is 8.66. The lowest BCUT2D eigenvalue weighted by Gasteiger charge is -2.31. The predicted molar refractivity (Wildman–Crippen MR) is 112 cm³/mol. The van der Waals surface area contributed by atoms with Crippen LogP contribution in [0.5, 0.6) is 0 Å². The molecule has 1 fully saturated rings. The van der Waals surface area contributed by atoms with Gasteiger partial charge in [-0.1, -0.05) is 35.9 Å². The highest BCUT2D eigenvalue weighted by Crippen LogP contribution is 2.18. The molecule has 1 heterocycles. The van der Waals surface area contributed by atoms with Crippen molar-refractivity contribution in [3.8, 4) is 0 Å². The summed E-state index contributed by atoms with van der Waals surface area (Å²) in [6.07, 6.45) is 0.285. The molecule has 138 valence electrons. The van der Waals surface area contributed by atoms with Crippen molar-refractivity contribution in [2.45, 2.75) is 26.1 Å². The van der Waals surface area contributed by atoms with Crippen LogP contribution < -0.4 is 5.32 Å². The van der Waals surface area contributed by atoms with Gasteiger partial charge in [0.05, 0.1) is 18.3 Å². The summed E-state index contributed by atoms with van der Waals surface area (Å²) in [4.78, 5) is 14.8. The first kappa shape index (κ1) is 19.6. The Hall–Kier alpha value is -1.15. The molecule has 0 radical (unpaired) electrons. The molecule has 4 nitrogen and oxygen atoms in total. The van der Waals surface area contributed by atoms with Crippen molar-refractivity contribution in [1.29, 1.82) is 0 Å². The molecule has 1 aliphatic heterocycles. The molecule has 0 spiro atoms. The maximum atomic E-state index is 12.4. The maximum Gasteiger partial charge on any atom is 0.252 e. The van der Waals surface area contributed by atoms with E-state index in [0.717, 1.165) is 35.4 Å². The van der Waals surface area contributed by atoms with E-state index in [1.54, 1.807) is 18.2 Å². The van der Waals surface area contributed by atoms with Crippen LogP contribution in [0.2, 0.25) is 5.02 Å². The van der Waals surface area contributed by atoms with Gasteiger partial charge in [0.25, 0.3) is 5.91 Å². The number of amides is 1. The van der Waals surface area contributed by atoms with E-state index >= 15 is 0 Å². The van der Waals surface area contributed by atoms with Crippen LogP contribution in [0.4, 0.5) is 0 Å². The summed E-state index contributed by atoms with van der Waals surface area (Å²) in [7, 11) is 0. The fourth-order valence-electron chi connectivity index (χ4n) is 3.08. The van der Waals surface area contributed by atoms with E-state index in [4.69, 9.17) is 16.3 Å². The lowest BCUT2D eigenvalue weighted by atomic mass is 10.1. The zero-order chi connectivity index (χ0) is 18.5. The zero-order valence-corrected chi connectivity index (χ0v) is 17.6. The highest BCUT2D eigenvalue weighted by atomic mass is 127. The molecule has 0 aromatic heterocycles. The van der Waals surface area contributed by atoms with Gasteiger partial charge >= 0.3 is 0 Å². The number of hydrogen-bond acceptors (Lipinski definition) is 3. The van der Waals surface area contributed by atoms with E-state index in [1.165, 1.54) is 5.56 Å². The van der Waals surface area contributed by atoms with Crippen molar-refractivity contribution in [1.82, 2.24) is 10.2 Å². The SMILES string of the molecule is CC1CN(Cc2cccc(CNC(=O)c3ccc(Cl)cc3I)c2)CCO1. The number of benzene rings is 2. The molecular weight excluding hydrogens is 463 g/mol. The molecule has 1 amide bonds. The molecule has 2 aromatic carbocycles. The van der Waals surface area contributed by atoms with Gasteiger partial charge in [-0.2, -0.15) is 0 Å². The molecule has 26 heavy (non-hydrogen) atoms. The average Bonchev–Trinajstić information content (AvgIpc) is 2.60. The Balaban J connectivity index is 1.59. The van der Waals surface area contributed by atoms with Crippen LogP contribution in [0, 0.1) is 3.57 Å². The van der Waals surface area contributed by atoms with Gasteiger partial charge in [-0.15, -0.1) is 0 Å². The summed E-state index contributed by atoms with van der Waals surface area (Å²) in [5.74, 6) is -0.0847. The Morgan fingerprint density at radius 3 is 2.88 bits per heavy atom. The van der Waals surface area contributed by atoms with E-state index in [0.29, 0.717) is 17.1 Å². The molecule has 1 N–H and O–H groups in total. The van der Waals surface area contributed by atoms with Crippen molar-refractivity contribution in [2.75, 3.05) is 19.7 Å². The van der Waals surface area contributed by atoms with Crippen LogP contribution in [-0.4, -0.2) is 36.6 Å². The molecule has 2 aromatic rings. The van der Waals surface area contributed by atoms with Crippen molar-refractivity contribution in [2.24, 2.45) is 0 Å². The van der Waals surface area contributed by atoms with Gasteiger partial charge < -0.3 is 10.1 Å². The van der Waals surface area contributed by atoms with Crippen LogP contribution in [0.25, 0.3) is 0 Å². The van der Waals surface area contributed by atoms with Crippen LogP contribution in [0.1, 0.15) is 28.4 Å². The van der Waals surface area contributed by atoms with Gasteiger partial charge in [0.15, 0.2) is 0 Å². The highest BCUT2D eigenvalue weighted by molar-refractivity contribution is 14.1. The number of halogens is 2. The first-order chi connectivity index (χ1) is 12.5. The number of carbonyl (C=O) groups excluding carboxylic acids is 1. The molecule has 0 bridgehead atoms. The number of nitrogens with zero attached hydrogens (tertiary/aromatic N) is 1. The topological polar surface area (TPSA) is 41.6 Å². The number of ether oxygens (including phenoxy) is 1. The minimum atomic E-state index is -0.0847. The smallest absolute Gasteiger partial charge is 0.252 e. The maximum absolute atomic E-state index is 12.4. The van der Waals surface area contributed by atoms with Crippen LogP contribution >= 0.6 is 34.2 Å². The van der Waals surface area contributed by atoms with Gasteiger partial charge in [0, 0.05) is 34.8 Å². The standard InChI is InChI=1S/C20H22ClIN2O2/c1-14-12-24(7-8-26-14)13-16-4-2-3-15(9-16)11-23-20(25)18-6-5-17(21)10-19(18)22/h2-6,9-10,14H,7-8,11-13H2,1H3,(H,23,25). The minimum absolute atomic E-state index is 0.0847. The molecule has 1 aliphatic rings. The zero-order valence-electron chi connectivity index (χ0n) is 14.7. The third-order valence-electron chi connectivity index (χ3n) is 4.35. The van der Waals surface area contributed by atoms with E-state index in [1.807, 2.05) is 12.1 Å². The van der Waals surface area contributed by atoms with Crippen LogP contribution in [0.3, 0.4) is 0 Å². The Kier molecular flexibility index (Phi) is 6.92. The molecule has 0 aliphatic carbocycles. The van der Waals surface area contributed by atoms with Crippen molar-refractivity contribution < 1.29 is 9.53 Å². The Morgan fingerprint density at radius 1 is 1.31 bits per heavy atom. The molecule has 1 atom stereocenters. The lowest BCUT2D eigenvalue weighted by molar-refractivity contribution is -0.0212. The molecule has 1 saturated heterocycles. The van der Waals surface area contributed by atoms with Gasteiger partial charge in [-0.05, 0) is 58.8 Å². The number of hydrogen-bond donors (Lipinski definition) is 1. The quantitative estimate of drug-likeness (QED) is 0.650. The summed E-state index contributed by atoms with van der Waals surface area (Å²) >= 11 is 8.08. The Labute approximate surface area is 173 Å². The summed E-state index contributed by atoms with van der Waals surface area (Å²) < 4.78 is 6.45. The van der Waals surface area contributed by atoms with Crippen molar-refractivity contribution >= 4 is 40.1 Å². The van der Waals surface area contributed by atoms with Crippen molar-refractivity contribution in [3.63, 3.8) is 0 Å². The minimum Gasteiger partial charge on any atom is -0.376 e. The fourth-order valence-corrected chi connectivity index (χ4v) is 4.20. The second-order valence-electron chi connectivity index (χ2n) is 6.54. The number of morpholine rings is 1. The summed E-state index contributed by atoms with van der Waals surface area (Å²) in [6, 6.07) is 13.7. The largest absolute Gasteiger partial charge is 0.376 e. The number of carbonyl (C=O) groups is 1. The van der Waals surface area contributed by atoms with Crippen molar-refractivity contribution in [3.05, 3.63) is 67.7 Å². The molecule has 0 saturated carbocycles. The van der Waals surface area contributed by atoms with Crippen LogP contribution in [0.15, 0.2) is 42.5 Å². The predicted octanol–water partition coefficient (Wildman–Crippen LogP) is 4.10. The highest BCUT2D eigenvalue weighted by Gasteiger charge is 2.16. The summed E-state index contributed by atoms with van der Waals surface area (Å²) in [6.45, 7) is 6.22. The Bertz CT molecular complexity index is 784. The number of nitrogens with one attached hydrogen (secondary N) is 1. The van der Waals surface area contributed by atoms with Gasteiger partial charge in [0.2, 0.25) is 0 Å². The monoisotopic (exact) mass is 484 g/mol. The van der Waals surface area contributed by atoms with E-state index < -0.39 is 0 Å². The molecule has 6 heteroatoms. The van der Waals surface area contributed by atoms with E-state index in [9.17, 15) is 4.79 Å². The summed E-state index contributed by atoms with van der Waals surface area (Å²) in [5.41, 5.74) is 3.00. The molecule has 1 unspecified atom stereocenters. The fraction of sp³-hybridized carbons (Fsp3) is 0.350. The van der Waals surface area contributed by atoms with E-state index in [2.05, 4.69) is 51.9 Å². The lowest BCUT2D eigenvalue weighted by Crippen LogP contribution is -2.40. The second-order valence-corrected chi connectivity index (χ2v) is 8.14.